The van der Waals surface area contributed by atoms with E-state index < -0.39 is 22.0 Å². The predicted octanol–water partition coefficient (Wildman–Crippen LogP) is 0.705. The van der Waals surface area contributed by atoms with Crippen molar-refractivity contribution in [2.45, 2.75) is 32.4 Å². The maximum Gasteiger partial charge on any atom is 0.321 e. The van der Waals surface area contributed by atoms with Crippen LogP contribution < -0.4 is 0 Å². The van der Waals surface area contributed by atoms with Gasteiger partial charge in [0.2, 0.25) is 0 Å². The van der Waals surface area contributed by atoms with E-state index in [0.29, 0.717) is 18.8 Å². The van der Waals surface area contributed by atoms with E-state index in [2.05, 4.69) is 0 Å². The molecule has 0 rings (SSSR count). The first-order valence-corrected chi connectivity index (χ1v) is 6.52. The van der Waals surface area contributed by atoms with Crippen LogP contribution in [-0.2, 0) is 20.3 Å². The van der Waals surface area contributed by atoms with E-state index in [4.69, 9.17) is 9.84 Å². The first-order chi connectivity index (χ1) is 6.99. The first-order valence-electron chi connectivity index (χ1n) is 5.13. The lowest BCUT2D eigenvalue weighted by Crippen LogP contribution is -2.27. The van der Waals surface area contributed by atoms with Gasteiger partial charge in [0, 0.05) is 23.2 Å². The lowest BCUT2D eigenvalue weighted by molar-refractivity contribution is -0.143. The molecule has 0 aliphatic rings. The fourth-order valence-electron chi connectivity index (χ4n) is 0.857. The number of carbonyl (C=O) groups is 1. The van der Waals surface area contributed by atoms with E-state index in [-0.39, 0.29) is 12.5 Å². The third-order valence-electron chi connectivity index (χ3n) is 1.79. The van der Waals surface area contributed by atoms with Gasteiger partial charge >= 0.3 is 5.97 Å². The molecule has 0 aliphatic carbocycles. The molecule has 0 aromatic heterocycles. The Morgan fingerprint density at radius 2 is 2.00 bits per heavy atom. The molecule has 0 bridgehead atoms. The number of aliphatic hydroxyl groups excluding tert-OH is 1. The van der Waals surface area contributed by atoms with Gasteiger partial charge in [-0.25, -0.2) is 0 Å². The van der Waals surface area contributed by atoms with Gasteiger partial charge in [-0.05, 0) is 19.3 Å². The predicted molar refractivity (Wildman–Crippen MR) is 60.0 cm³/mol. The van der Waals surface area contributed by atoms with Crippen LogP contribution in [-0.4, -0.2) is 39.5 Å². The zero-order valence-electron chi connectivity index (χ0n) is 9.56. The molecule has 0 spiro atoms. The highest BCUT2D eigenvalue weighted by Gasteiger charge is 2.21. The zero-order chi connectivity index (χ0) is 11.8. The number of carbonyl (C=O) groups excluding carboxylic acids is 1. The SMILES string of the molecule is CC(C)COC(=O)C(C)S(=O)CCCO. The van der Waals surface area contributed by atoms with Crippen LogP contribution in [0, 0.1) is 5.92 Å². The molecule has 0 saturated heterocycles. The Morgan fingerprint density at radius 3 is 2.47 bits per heavy atom. The van der Waals surface area contributed by atoms with Gasteiger partial charge < -0.3 is 9.84 Å². The highest BCUT2D eigenvalue weighted by molar-refractivity contribution is 7.86. The minimum atomic E-state index is -1.24. The number of hydrogen-bond donors (Lipinski definition) is 1. The summed E-state index contributed by atoms with van der Waals surface area (Å²) >= 11 is 0. The Balaban J connectivity index is 3.91. The van der Waals surface area contributed by atoms with Gasteiger partial charge in [-0.1, -0.05) is 13.8 Å². The molecule has 4 nitrogen and oxygen atoms in total. The highest BCUT2D eigenvalue weighted by Crippen LogP contribution is 2.03. The highest BCUT2D eigenvalue weighted by atomic mass is 32.2. The number of hydrogen-bond acceptors (Lipinski definition) is 4. The van der Waals surface area contributed by atoms with Gasteiger partial charge in [0.1, 0.15) is 5.25 Å². The van der Waals surface area contributed by atoms with Crippen molar-refractivity contribution in [3.8, 4) is 0 Å². The van der Waals surface area contributed by atoms with E-state index in [1.165, 1.54) is 0 Å². The van der Waals surface area contributed by atoms with Crippen LogP contribution in [0.15, 0.2) is 0 Å². The Bertz CT molecular complexity index is 215. The summed E-state index contributed by atoms with van der Waals surface area (Å²) in [6, 6.07) is 0. The number of aliphatic hydroxyl groups is 1. The molecule has 2 atom stereocenters. The van der Waals surface area contributed by atoms with Crippen LogP contribution in [0.3, 0.4) is 0 Å². The topological polar surface area (TPSA) is 63.6 Å². The van der Waals surface area contributed by atoms with Crippen LogP contribution in [0.5, 0.6) is 0 Å². The molecule has 0 heterocycles. The fraction of sp³-hybridized carbons (Fsp3) is 0.900. The minimum Gasteiger partial charge on any atom is -0.465 e. The van der Waals surface area contributed by atoms with Crippen LogP contribution >= 0.6 is 0 Å². The standard InChI is InChI=1S/C10H20O4S/c1-8(2)7-14-10(12)9(3)15(13)6-4-5-11/h8-9,11H,4-7H2,1-3H3. The van der Waals surface area contributed by atoms with E-state index in [0.717, 1.165) is 0 Å². The van der Waals surface area contributed by atoms with Crippen LogP contribution in [0.2, 0.25) is 0 Å². The largest absolute Gasteiger partial charge is 0.465 e. The normalized spacial score (nSPS) is 15.0. The molecular weight excluding hydrogens is 216 g/mol. The second kappa shape index (κ2) is 7.82. The molecule has 15 heavy (non-hydrogen) atoms. The van der Waals surface area contributed by atoms with Gasteiger partial charge in [0.15, 0.2) is 0 Å². The second-order valence-corrected chi connectivity index (χ2v) is 5.70. The van der Waals surface area contributed by atoms with Crippen molar-refractivity contribution >= 4 is 16.8 Å². The fourth-order valence-corrected chi connectivity index (χ4v) is 1.91. The average molecular weight is 236 g/mol. The maximum absolute atomic E-state index is 11.5. The molecular formula is C10H20O4S. The smallest absolute Gasteiger partial charge is 0.321 e. The van der Waals surface area contributed by atoms with Crippen molar-refractivity contribution in [2.24, 2.45) is 5.92 Å². The van der Waals surface area contributed by atoms with Crippen LogP contribution in [0.25, 0.3) is 0 Å². The maximum atomic E-state index is 11.5. The molecule has 0 aromatic rings. The van der Waals surface area contributed by atoms with Crippen molar-refractivity contribution in [1.29, 1.82) is 0 Å². The van der Waals surface area contributed by atoms with Crippen LogP contribution in [0.1, 0.15) is 27.2 Å². The summed E-state index contributed by atoms with van der Waals surface area (Å²) in [7, 11) is -1.24. The molecule has 0 amide bonds. The third kappa shape index (κ3) is 6.62. The average Bonchev–Trinajstić information content (AvgIpc) is 2.21. The minimum absolute atomic E-state index is 0.000494. The van der Waals surface area contributed by atoms with E-state index in [9.17, 15) is 9.00 Å². The third-order valence-corrected chi connectivity index (χ3v) is 3.46. The molecule has 5 heteroatoms. The zero-order valence-corrected chi connectivity index (χ0v) is 10.4. The monoisotopic (exact) mass is 236 g/mol. The summed E-state index contributed by atoms with van der Waals surface area (Å²) in [5, 5.41) is 7.96. The summed E-state index contributed by atoms with van der Waals surface area (Å²) in [6.45, 7) is 5.84. The Hall–Kier alpha value is -0.420. The number of esters is 1. The van der Waals surface area contributed by atoms with Crippen molar-refractivity contribution in [2.75, 3.05) is 19.0 Å². The summed E-state index contributed by atoms with van der Waals surface area (Å²) in [6.07, 6.45) is 0.453. The number of ether oxygens (including phenoxy) is 1. The molecule has 0 radical (unpaired) electrons. The number of rotatable bonds is 7. The van der Waals surface area contributed by atoms with Gasteiger partial charge in [-0.3, -0.25) is 9.00 Å². The summed E-state index contributed by atoms with van der Waals surface area (Å²) < 4.78 is 16.5. The summed E-state index contributed by atoms with van der Waals surface area (Å²) in [4.78, 5) is 11.4. The van der Waals surface area contributed by atoms with Crippen LogP contribution in [0.4, 0.5) is 0 Å². The Labute approximate surface area is 93.5 Å². The molecule has 0 aliphatic heterocycles. The van der Waals surface area contributed by atoms with Crippen molar-refractivity contribution in [3.05, 3.63) is 0 Å². The molecule has 2 unspecified atom stereocenters. The van der Waals surface area contributed by atoms with E-state index in [1.807, 2.05) is 13.8 Å². The van der Waals surface area contributed by atoms with E-state index >= 15 is 0 Å². The lowest BCUT2D eigenvalue weighted by Gasteiger charge is -2.12. The Morgan fingerprint density at radius 1 is 1.40 bits per heavy atom. The molecule has 0 aromatic carbocycles. The first kappa shape index (κ1) is 14.6. The van der Waals surface area contributed by atoms with Gasteiger partial charge in [0.25, 0.3) is 0 Å². The summed E-state index contributed by atoms with van der Waals surface area (Å²) in [5.74, 6) is 0.209. The second-order valence-electron chi connectivity index (χ2n) is 3.83. The van der Waals surface area contributed by atoms with Crippen molar-refractivity contribution in [3.63, 3.8) is 0 Å². The van der Waals surface area contributed by atoms with Gasteiger partial charge in [-0.15, -0.1) is 0 Å². The van der Waals surface area contributed by atoms with E-state index in [1.54, 1.807) is 6.92 Å². The molecule has 0 saturated carbocycles. The quantitative estimate of drug-likeness (QED) is 0.661. The van der Waals surface area contributed by atoms with Gasteiger partial charge in [0.05, 0.1) is 6.61 Å². The van der Waals surface area contributed by atoms with Crippen molar-refractivity contribution < 1.29 is 18.8 Å². The Kier molecular flexibility index (Phi) is 7.60. The van der Waals surface area contributed by atoms with Gasteiger partial charge in [-0.2, -0.15) is 0 Å². The molecule has 0 fully saturated rings. The lowest BCUT2D eigenvalue weighted by atomic mass is 10.2. The summed E-state index contributed by atoms with van der Waals surface area (Å²) in [5.41, 5.74) is 0. The van der Waals surface area contributed by atoms with Crippen molar-refractivity contribution in [1.82, 2.24) is 0 Å². The molecule has 1 N–H and O–H groups in total. The molecule has 90 valence electrons.